The van der Waals surface area contributed by atoms with Crippen molar-refractivity contribution in [2.45, 2.75) is 19.3 Å². The van der Waals surface area contributed by atoms with Crippen LogP contribution in [-0.4, -0.2) is 36.2 Å². The molecule has 1 aliphatic carbocycles. The number of carboxylic acids is 1. The maximum atomic E-state index is 12.6. The highest BCUT2D eigenvalue weighted by molar-refractivity contribution is 9.10. The molecule has 3 N–H and O–H groups in total. The van der Waals surface area contributed by atoms with Gasteiger partial charge in [0.05, 0.1) is 12.0 Å². The zero-order valence-electron chi connectivity index (χ0n) is 18.4. The first-order valence-electron chi connectivity index (χ1n) is 10.8. The van der Waals surface area contributed by atoms with Gasteiger partial charge in [-0.25, -0.2) is 4.79 Å². The van der Waals surface area contributed by atoms with E-state index in [4.69, 9.17) is 9.84 Å². The van der Waals surface area contributed by atoms with Gasteiger partial charge in [0.15, 0.2) is 0 Å². The average molecular weight is 523 g/mol. The van der Waals surface area contributed by atoms with Crippen molar-refractivity contribution >= 4 is 39.6 Å². The molecule has 0 bridgehead atoms. The van der Waals surface area contributed by atoms with Crippen LogP contribution in [-0.2, 0) is 9.53 Å². The van der Waals surface area contributed by atoms with E-state index >= 15 is 0 Å². The number of carbonyl (C=O) groups is 3. The van der Waals surface area contributed by atoms with Crippen LogP contribution in [0.3, 0.4) is 0 Å². The summed E-state index contributed by atoms with van der Waals surface area (Å²) in [6.07, 6.45) is -0.801. The van der Waals surface area contributed by atoms with Gasteiger partial charge in [-0.2, -0.15) is 0 Å². The van der Waals surface area contributed by atoms with Crippen LogP contribution in [0.4, 0.5) is 10.5 Å². The van der Waals surface area contributed by atoms with Crippen LogP contribution in [0.25, 0.3) is 11.1 Å². The first-order chi connectivity index (χ1) is 16.3. The molecule has 0 unspecified atom stereocenters. The number of aliphatic carboxylic acids is 1. The van der Waals surface area contributed by atoms with Gasteiger partial charge >= 0.3 is 12.1 Å². The van der Waals surface area contributed by atoms with Gasteiger partial charge in [-0.3, -0.25) is 14.9 Å². The van der Waals surface area contributed by atoms with Crippen molar-refractivity contribution < 1.29 is 24.2 Å². The Morgan fingerprint density at radius 1 is 1.00 bits per heavy atom. The molecule has 1 aliphatic rings. The van der Waals surface area contributed by atoms with Crippen molar-refractivity contribution in [2.75, 3.05) is 18.5 Å². The lowest BCUT2D eigenvalue weighted by Gasteiger charge is -2.16. The van der Waals surface area contributed by atoms with Gasteiger partial charge < -0.3 is 15.2 Å². The molecule has 174 valence electrons. The van der Waals surface area contributed by atoms with Crippen molar-refractivity contribution in [1.29, 1.82) is 0 Å². The molecule has 2 amide bonds. The maximum Gasteiger partial charge on any atom is 0.411 e. The number of hydrogen-bond acceptors (Lipinski definition) is 4. The zero-order chi connectivity index (χ0) is 24.2. The number of anilines is 1. The molecule has 34 heavy (non-hydrogen) atoms. The summed E-state index contributed by atoms with van der Waals surface area (Å²) in [4.78, 5) is 35.8. The summed E-state index contributed by atoms with van der Waals surface area (Å²) < 4.78 is 6.13. The average Bonchev–Trinajstić information content (AvgIpc) is 3.13. The molecule has 0 heterocycles. The molecule has 3 aromatic rings. The van der Waals surface area contributed by atoms with Gasteiger partial charge in [0.2, 0.25) is 0 Å². The van der Waals surface area contributed by atoms with Crippen LogP contribution in [0.5, 0.6) is 0 Å². The SMILES string of the molecule is Cc1cc(Br)c(C(=O)NCCC(=O)O)cc1NC(=O)OCC1c2ccccc2-c2ccccc21. The van der Waals surface area contributed by atoms with E-state index in [2.05, 4.69) is 50.8 Å². The van der Waals surface area contributed by atoms with Crippen LogP contribution in [0.2, 0.25) is 0 Å². The minimum atomic E-state index is -0.999. The van der Waals surface area contributed by atoms with Crippen LogP contribution in [0.1, 0.15) is 39.4 Å². The monoisotopic (exact) mass is 522 g/mol. The molecule has 4 rings (SSSR count). The number of rotatable bonds is 7. The Hall–Kier alpha value is -3.65. The van der Waals surface area contributed by atoms with Crippen molar-refractivity contribution in [3.05, 3.63) is 87.4 Å². The molecule has 0 fully saturated rings. The molecule has 0 saturated carbocycles. The number of carbonyl (C=O) groups excluding carboxylic acids is 2. The summed E-state index contributed by atoms with van der Waals surface area (Å²) in [6, 6.07) is 19.4. The Balaban J connectivity index is 1.44. The van der Waals surface area contributed by atoms with E-state index in [1.54, 1.807) is 13.0 Å². The predicted molar refractivity (Wildman–Crippen MR) is 132 cm³/mol. The number of fused-ring (bicyclic) bond motifs is 3. The molecule has 7 nitrogen and oxygen atoms in total. The molecule has 3 aromatic carbocycles. The number of ether oxygens (including phenoxy) is 1. The molecule has 0 spiro atoms. The normalized spacial score (nSPS) is 11.9. The molecule has 0 aliphatic heterocycles. The Morgan fingerprint density at radius 2 is 1.62 bits per heavy atom. The molecule has 0 saturated heterocycles. The highest BCUT2D eigenvalue weighted by atomic mass is 79.9. The van der Waals surface area contributed by atoms with E-state index in [0.29, 0.717) is 10.2 Å². The van der Waals surface area contributed by atoms with Crippen molar-refractivity contribution in [1.82, 2.24) is 5.32 Å². The van der Waals surface area contributed by atoms with E-state index in [0.717, 1.165) is 27.8 Å². The zero-order valence-corrected chi connectivity index (χ0v) is 20.0. The maximum absolute atomic E-state index is 12.6. The van der Waals surface area contributed by atoms with Gasteiger partial charge in [-0.15, -0.1) is 0 Å². The summed E-state index contributed by atoms with van der Waals surface area (Å²) >= 11 is 3.35. The lowest BCUT2D eigenvalue weighted by Crippen LogP contribution is -2.26. The molecular weight excluding hydrogens is 500 g/mol. The third kappa shape index (κ3) is 4.97. The number of amides is 2. The molecule has 0 atom stereocenters. The number of carboxylic acid groups (broad SMARTS) is 1. The first-order valence-corrected chi connectivity index (χ1v) is 11.6. The van der Waals surface area contributed by atoms with Crippen LogP contribution in [0.15, 0.2) is 65.1 Å². The smallest absolute Gasteiger partial charge is 0.411 e. The number of nitrogens with one attached hydrogen (secondary N) is 2. The second kappa shape index (κ2) is 10.1. The standard InChI is InChI=1S/C26H23BrN2O5/c1-15-12-22(27)20(25(32)28-11-10-24(30)31)13-23(15)29-26(33)34-14-21-18-8-4-2-6-16(18)17-7-3-5-9-19(17)21/h2-9,12-13,21H,10-11,14H2,1H3,(H,28,32)(H,29,33)(H,30,31). The van der Waals surface area contributed by atoms with E-state index in [9.17, 15) is 14.4 Å². The lowest BCUT2D eigenvalue weighted by atomic mass is 9.98. The molecule has 0 aromatic heterocycles. The minimum Gasteiger partial charge on any atom is -0.481 e. The predicted octanol–water partition coefficient (Wildman–Crippen LogP) is 5.32. The summed E-state index contributed by atoms with van der Waals surface area (Å²) in [5.74, 6) is -1.50. The Kier molecular flexibility index (Phi) is 6.98. The Bertz CT molecular complexity index is 1230. The number of aryl methyl sites for hydroxylation is 1. The third-order valence-corrected chi connectivity index (χ3v) is 6.42. The first kappa shape index (κ1) is 23.5. The van der Waals surface area contributed by atoms with Crippen molar-refractivity contribution in [3.8, 4) is 11.1 Å². The van der Waals surface area contributed by atoms with Crippen LogP contribution < -0.4 is 10.6 Å². The number of hydrogen-bond donors (Lipinski definition) is 3. The minimum absolute atomic E-state index is 0.00359. The molecule has 8 heteroatoms. The van der Waals surface area contributed by atoms with E-state index < -0.39 is 18.0 Å². The van der Waals surface area contributed by atoms with Gasteiger partial charge in [-0.05, 0) is 62.8 Å². The van der Waals surface area contributed by atoms with Gasteiger partial charge in [0.25, 0.3) is 5.91 Å². The van der Waals surface area contributed by atoms with Crippen LogP contribution >= 0.6 is 15.9 Å². The number of halogens is 1. The summed E-state index contributed by atoms with van der Waals surface area (Å²) in [5.41, 5.74) is 5.99. The highest BCUT2D eigenvalue weighted by Gasteiger charge is 2.29. The van der Waals surface area contributed by atoms with Crippen LogP contribution in [0, 0.1) is 6.92 Å². The lowest BCUT2D eigenvalue weighted by molar-refractivity contribution is -0.136. The van der Waals surface area contributed by atoms with E-state index in [1.807, 2.05) is 24.3 Å². The van der Waals surface area contributed by atoms with Crippen molar-refractivity contribution in [2.24, 2.45) is 0 Å². The van der Waals surface area contributed by atoms with Gasteiger partial charge in [-0.1, -0.05) is 48.5 Å². The Labute approximate surface area is 205 Å². The fourth-order valence-electron chi connectivity index (χ4n) is 4.10. The third-order valence-electron chi connectivity index (χ3n) is 5.76. The van der Waals surface area contributed by atoms with E-state index in [1.165, 1.54) is 6.07 Å². The quantitative estimate of drug-likeness (QED) is 0.389. The highest BCUT2D eigenvalue weighted by Crippen LogP contribution is 2.44. The van der Waals surface area contributed by atoms with Gasteiger partial charge in [0, 0.05) is 22.6 Å². The summed E-state index contributed by atoms with van der Waals surface area (Å²) in [5, 5.41) is 14.0. The Morgan fingerprint density at radius 3 is 2.24 bits per heavy atom. The van der Waals surface area contributed by atoms with Gasteiger partial charge in [0.1, 0.15) is 6.61 Å². The van der Waals surface area contributed by atoms with Crippen molar-refractivity contribution in [3.63, 3.8) is 0 Å². The second-order valence-electron chi connectivity index (χ2n) is 8.00. The molecular formula is C26H23BrN2O5. The summed E-state index contributed by atoms with van der Waals surface area (Å²) in [6.45, 7) is 1.98. The largest absolute Gasteiger partial charge is 0.481 e. The van der Waals surface area contributed by atoms with E-state index in [-0.39, 0.29) is 31.1 Å². The topological polar surface area (TPSA) is 105 Å². The second-order valence-corrected chi connectivity index (χ2v) is 8.85. The number of benzene rings is 3. The summed E-state index contributed by atoms with van der Waals surface area (Å²) in [7, 11) is 0. The fraction of sp³-hybridized carbons (Fsp3) is 0.192. The fourth-order valence-corrected chi connectivity index (χ4v) is 4.74. The molecule has 0 radical (unpaired) electrons.